The van der Waals surface area contributed by atoms with Crippen molar-refractivity contribution >= 4 is 33.7 Å². The Balaban J connectivity index is 1.38. The van der Waals surface area contributed by atoms with E-state index in [1.54, 1.807) is 6.08 Å². The number of ketones is 1. The lowest BCUT2D eigenvalue weighted by Gasteiger charge is -2.55. The lowest BCUT2D eigenvalue weighted by Crippen LogP contribution is -2.56. The third-order valence-electron chi connectivity index (χ3n) is 8.62. The summed E-state index contributed by atoms with van der Waals surface area (Å²) < 4.78 is 42.2. The molecule has 0 aromatic heterocycles. The molecule has 2 heterocycles. The highest BCUT2D eigenvalue weighted by atomic mass is 32.3. The van der Waals surface area contributed by atoms with Crippen LogP contribution in [0.4, 0.5) is 5.69 Å². The van der Waals surface area contributed by atoms with E-state index in [9.17, 15) is 33.0 Å². The molecule has 6 atom stereocenters. The minimum absolute atomic E-state index is 0.0875. The number of carbonyl (C=O) groups excluding carboxylic acids is 2. The summed E-state index contributed by atoms with van der Waals surface area (Å²) >= 11 is 0. The van der Waals surface area contributed by atoms with Crippen LogP contribution in [0.3, 0.4) is 0 Å². The van der Waals surface area contributed by atoms with Gasteiger partial charge in [-0.1, -0.05) is 13.0 Å². The molecule has 11 nitrogen and oxygen atoms in total. The van der Waals surface area contributed by atoms with Gasteiger partial charge in [0.1, 0.15) is 11.3 Å². The summed E-state index contributed by atoms with van der Waals surface area (Å²) in [6, 6.07) is 1.75. The van der Waals surface area contributed by atoms with Crippen LogP contribution in [0, 0.1) is 22.7 Å². The van der Waals surface area contributed by atoms with Gasteiger partial charge in [-0.15, -0.1) is 0 Å². The number of carbonyl (C=O) groups is 3. The highest BCUT2D eigenvalue weighted by molar-refractivity contribution is 7.81. The third kappa shape index (κ3) is 3.70. The van der Waals surface area contributed by atoms with Gasteiger partial charge < -0.3 is 24.4 Å². The summed E-state index contributed by atoms with van der Waals surface area (Å²) in [4.78, 5) is 37.4. The monoisotopic (exact) mass is 521 g/mol. The molecule has 2 saturated heterocycles. The molecule has 0 radical (unpaired) electrons. The molecule has 6 rings (SSSR count). The zero-order valence-corrected chi connectivity index (χ0v) is 20.5. The van der Waals surface area contributed by atoms with Crippen molar-refractivity contribution in [3.8, 4) is 11.5 Å². The molecule has 4 N–H and O–H groups in total. The number of benzene rings is 1. The zero-order valence-electron chi connectivity index (χ0n) is 19.7. The van der Waals surface area contributed by atoms with E-state index in [0.717, 1.165) is 31.4 Å². The van der Waals surface area contributed by atoms with Crippen LogP contribution in [-0.2, 0) is 24.7 Å². The maximum atomic E-state index is 13.1. The quantitative estimate of drug-likeness (QED) is 0.308. The molecule has 2 saturated carbocycles. The number of aromatic carboxylic acids is 1. The fourth-order valence-electron chi connectivity index (χ4n) is 7.26. The van der Waals surface area contributed by atoms with Crippen LogP contribution < -0.4 is 9.50 Å². The van der Waals surface area contributed by atoms with Crippen molar-refractivity contribution in [2.75, 3.05) is 5.32 Å². The van der Waals surface area contributed by atoms with E-state index >= 15 is 0 Å². The van der Waals surface area contributed by atoms with Crippen molar-refractivity contribution in [2.45, 2.75) is 57.7 Å². The Morgan fingerprint density at radius 3 is 2.64 bits per heavy atom. The Kier molecular flexibility index (Phi) is 5.33. The van der Waals surface area contributed by atoms with Gasteiger partial charge in [-0.3, -0.25) is 14.1 Å². The Morgan fingerprint density at radius 1 is 1.28 bits per heavy atom. The first-order valence-electron chi connectivity index (χ1n) is 11.6. The molecule has 3 aliphatic carbocycles. The number of ether oxygens (including phenoxy) is 1. The van der Waals surface area contributed by atoms with E-state index in [0.29, 0.717) is 5.92 Å². The van der Waals surface area contributed by atoms with Crippen molar-refractivity contribution in [3.05, 3.63) is 29.8 Å². The standard InChI is InChI=1S/C24H27NO10S/c1-22(16(26)5-8-24-10-12-9-15(20(22)24)34-23(12,2)11-24)7-6-17(27)25-18-14(35-36(31,32)33)4-3-13(19(18)28)21(29)30/h3-5,8,12,15,20,28H,6-7,9-11H2,1-2H3,(H,25,27)(H,29,30)(H,31,32,33)/t12-,15+,20+,22-,23+,24+/m1/s1. The lowest BCUT2D eigenvalue weighted by atomic mass is 9.51. The van der Waals surface area contributed by atoms with E-state index in [1.165, 1.54) is 0 Å². The highest BCUT2D eigenvalue weighted by Gasteiger charge is 2.71. The molecule has 1 spiro atoms. The van der Waals surface area contributed by atoms with Gasteiger partial charge in [0, 0.05) is 17.8 Å². The van der Waals surface area contributed by atoms with Crippen molar-refractivity contribution in [2.24, 2.45) is 22.7 Å². The van der Waals surface area contributed by atoms with Crippen molar-refractivity contribution in [1.82, 2.24) is 0 Å². The Hall–Kier alpha value is -2.96. The number of carboxylic acids is 1. The molecule has 1 aromatic rings. The minimum Gasteiger partial charge on any atom is -0.505 e. The first-order chi connectivity index (χ1) is 16.7. The fraction of sp³-hybridized carbons (Fsp3) is 0.542. The summed E-state index contributed by atoms with van der Waals surface area (Å²) in [5.41, 5.74) is -2.47. The number of hydrogen-bond acceptors (Lipinski definition) is 8. The number of aromatic hydroxyl groups is 1. The number of nitrogens with one attached hydrogen (secondary N) is 1. The maximum Gasteiger partial charge on any atom is 0.446 e. The highest BCUT2D eigenvalue weighted by Crippen LogP contribution is 2.71. The molecular weight excluding hydrogens is 494 g/mol. The molecule has 1 aromatic carbocycles. The Bertz CT molecular complexity index is 1320. The fourth-order valence-corrected chi connectivity index (χ4v) is 7.63. The van der Waals surface area contributed by atoms with Crippen molar-refractivity contribution < 1.29 is 46.5 Å². The second kappa shape index (κ2) is 7.77. The van der Waals surface area contributed by atoms with Crippen LogP contribution in [-0.4, -0.2) is 52.5 Å². The predicted octanol–water partition coefficient (Wildman–Crippen LogP) is 2.71. The molecule has 4 fully saturated rings. The van der Waals surface area contributed by atoms with Crippen LogP contribution >= 0.6 is 0 Å². The average Bonchev–Trinajstić information content (AvgIpc) is 3.12. The molecule has 12 heteroatoms. The van der Waals surface area contributed by atoms with E-state index in [2.05, 4.69) is 16.4 Å². The summed E-state index contributed by atoms with van der Waals surface area (Å²) in [6.07, 6.45) is 6.16. The molecular formula is C24H27NO10S. The number of rotatable bonds is 7. The number of allylic oxidation sites excluding steroid dienone is 2. The van der Waals surface area contributed by atoms with Crippen LogP contribution in [0.15, 0.2) is 24.3 Å². The van der Waals surface area contributed by atoms with Gasteiger partial charge in [0.15, 0.2) is 17.3 Å². The van der Waals surface area contributed by atoms with Crippen molar-refractivity contribution in [3.63, 3.8) is 0 Å². The first kappa shape index (κ1) is 24.7. The maximum absolute atomic E-state index is 13.1. The molecule has 2 aliphatic heterocycles. The number of anilines is 1. The predicted molar refractivity (Wildman–Crippen MR) is 124 cm³/mol. The molecule has 4 bridgehead atoms. The first-order valence-corrected chi connectivity index (χ1v) is 13.0. The SMILES string of the molecule is C[C@]12C[C@@]34C=CC(=O)[C@@](C)(CCC(=O)Nc5c(OS(=O)(=O)O)ccc(C(=O)O)c5O)[C@@H]3[C@H](C[C@@H]1C4)O2. The number of phenols is 1. The van der Waals surface area contributed by atoms with E-state index in [1.807, 2.05) is 13.0 Å². The van der Waals surface area contributed by atoms with Crippen molar-refractivity contribution in [1.29, 1.82) is 0 Å². The van der Waals surface area contributed by atoms with Gasteiger partial charge in [-0.05, 0) is 62.1 Å². The number of amides is 1. The second-order valence-electron chi connectivity index (χ2n) is 10.8. The van der Waals surface area contributed by atoms with Gasteiger partial charge in [0.2, 0.25) is 5.91 Å². The minimum atomic E-state index is -5.03. The van der Waals surface area contributed by atoms with Gasteiger partial charge in [0.25, 0.3) is 0 Å². The largest absolute Gasteiger partial charge is 0.505 e. The molecule has 5 aliphatic rings. The number of carboxylic acid groups (broad SMARTS) is 1. The molecule has 0 unspecified atom stereocenters. The third-order valence-corrected chi connectivity index (χ3v) is 9.01. The smallest absolute Gasteiger partial charge is 0.446 e. The average molecular weight is 522 g/mol. The molecule has 194 valence electrons. The Labute approximate surface area is 207 Å². The molecule has 36 heavy (non-hydrogen) atoms. The number of hydrogen-bond donors (Lipinski definition) is 4. The second-order valence-corrected chi connectivity index (χ2v) is 11.8. The van der Waals surface area contributed by atoms with Crippen LogP contribution in [0.5, 0.6) is 11.5 Å². The van der Waals surface area contributed by atoms with Crippen LogP contribution in [0.2, 0.25) is 0 Å². The topological polar surface area (TPSA) is 177 Å². The summed E-state index contributed by atoms with van der Waals surface area (Å²) in [7, 11) is -5.03. The zero-order chi connectivity index (χ0) is 26.3. The van der Waals surface area contributed by atoms with E-state index < -0.39 is 50.4 Å². The van der Waals surface area contributed by atoms with Gasteiger partial charge >= 0.3 is 16.4 Å². The normalized spacial score (nSPS) is 36.1. The van der Waals surface area contributed by atoms with Crippen LogP contribution in [0.1, 0.15) is 56.3 Å². The van der Waals surface area contributed by atoms with Gasteiger partial charge in [-0.25, -0.2) is 4.79 Å². The van der Waals surface area contributed by atoms with Crippen LogP contribution in [0.25, 0.3) is 0 Å². The molecule has 1 amide bonds. The summed E-state index contributed by atoms with van der Waals surface area (Å²) in [5, 5.41) is 21.9. The van der Waals surface area contributed by atoms with E-state index in [4.69, 9.17) is 9.29 Å². The summed E-state index contributed by atoms with van der Waals surface area (Å²) in [5.74, 6) is -3.59. The van der Waals surface area contributed by atoms with Gasteiger partial charge in [0.05, 0.1) is 11.7 Å². The van der Waals surface area contributed by atoms with Gasteiger partial charge in [-0.2, -0.15) is 8.42 Å². The Morgan fingerprint density at radius 2 is 2.00 bits per heavy atom. The summed E-state index contributed by atoms with van der Waals surface area (Å²) in [6.45, 7) is 3.97. The van der Waals surface area contributed by atoms with E-state index in [-0.39, 0.29) is 41.7 Å². The lowest BCUT2D eigenvalue weighted by molar-refractivity contribution is -0.169.